The molecule has 0 saturated carbocycles. The topological polar surface area (TPSA) is 59.4 Å². The van der Waals surface area contributed by atoms with Crippen LogP contribution in [0.3, 0.4) is 0 Å². The minimum atomic E-state index is -4.35. The maximum Gasteiger partial charge on any atom is 0.392 e. The van der Waals surface area contributed by atoms with Crippen LogP contribution in [-0.2, 0) is 0 Å². The number of hydrogen-bond acceptors (Lipinski definition) is 3. The third-order valence-electron chi connectivity index (χ3n) is 2.60. The predicted octanol–water partition coefficient (Wildman–Crippen LogP) is 3.26. The standard InChI is InChI=1S/C13H10F3NO3/c14-13(15,16)5-6-20-10-7-17-9-4-2-1-3-8(9)11(10)12(18)19/h1-4,7H,5-6H2,(H,18,19). The molecule has 4 nitrogen and oxygen atoms in total. The van der Waals surface area contributed by atoms with Crippen molar-refractivity contribution >= 4 is 16.9 Å². The highest BCUT2D eigenvalue weighted by atomic mass is 19.4. The maximum atomic E-state index is 12.1. The molecule has 1 aromatic carbocycles. The number of halogens is 3. The first-order valence-electron chi connectivity index (χ1n) is 5.69. The molecule has 1 aromatic heterocycles. The van der Waals surface area contributed by atoms with Gasteiger partial charge in [0.2, 0.25) is 0 Å². The van der Waals surface area contributed by atoms with Gasteiger partial charge in [-0.1, -0.05) is 18.2 Å². The monoisotopic (exact) mass is 285 g/mol. The van der Waals surface area contributed by atoms with E-state index in [-0.39, 0.29) is 11.3 Å². The maximum absolute atomic E-state index is 12.1. The Balaban J connectivity index is 2.33. The molecule has 0 aliphatic carbocycles. The normalized spacial score (nSPS) is 11.6. The first kappa shape index (κ1) is 14.1. The summed E-state index contributed by atoms with van der Waals surface area (Å²) >= 11 is 0. The van der Waals surface area contributed by atoms with Crippen LogP contribution in [-0.4, -0.2) is 28.8 Å². The van der Waals surface area contributed by atoms with Crippen LogP contribution in [0.15, 0.2) is 30.5 Å². The summed E-state index contributed by atoms with van der Waals surface area (Å²) in [5.41, 5.74) is 0.255. The van der Waals surface area contributed by atoms with E-state index in [4.69, 9.17) is 4.74 Å². The zero-order chi connectivity index (χ0) is 14.8. The molecule has 0 bridgehead atoms. The second-order valence-corrected chi connectivity index (χ2v) is 4.03. The van der Waals surface area contributed by atoms with Crippen LogP contribution in [0, 0.1) is 0 Å². The van der Waals surface area contributed by atoms with Gasteiger partial charge in [-0.05, 0) is 6.07 Å². The van der Waals surface area contributed by atoms with Crippen LogP contribution in [0.5, 0.6) is 5.75 Å². The van der Waals surface area contributed by atoms with Crippen molar-refractivity contribution in [2.45, 2.75) is 12.6 Å². The van der Waals surface area contributed by atoms with Gasteiger partial charge in [0.1, 0.15) is 5.56 Å². The minimum absolute atomic E-state index is 0.166. The number of aromatic nitrogens is 1. The van der Waals surface area contributed by atoms with E-state index in [1.54, 1.807) is 18.2 Å². The number of nitrogens with zero attached hydrogens (tertiary/aromatic N) is 1. The molecule has 1 N–H and O–H groups in total. The Morgan fingerprint density at radius 1 is 1.30 bits per heavy atom. The van der Waals surface area contributed by atoms with E-state index in [0.29, 0.717) is 10.9 Å². The highest BCUT2D eigenvalue weighted by Gasteiger charge is 2.27. The van der Waals surface area contributed by atoms with Gasteiger partial charge in [-0.3, -0.25) is 4.98 Å². The summed E-state index contributed by atoms with van der Waals surface area (Å²) < 4.78 is 41.1. The fourth-order valence-electron chi connectivity index (χ4n) is 1.73. The number of hydrogen-bond donors (Lipinski definition) is 1. The lowest BCUT2D eigenvalue weighted by Gasteiger charge is -2.12. The van der Waals surface area contributed by atoms with Crippen molar-refractivity contribution in [2.24, 2.45) is 0 Å². The van der Waals surface area contributed by atoms with Crippen molar-refractivity contribution in [1.29, 1.82) is 0 Å². The lowest BCUT2D eigenvalue weighted by Crippen LogP contribution is -2.14. The summed E-state index contributed by atoms with van der Waals surface area (Å²) in [6, 6.07) is 6.45. The molecule has 0 saturated heterocycles. The lowest BCUT2D eigenvalue weighted by atomic mass is 10.1. The van der Waals surface area contributed by atoms with Gasteiger partial charge in [0, 0.05) is 5.39 Å². The molecule has 2 aromatic rings. The van der Waals surface area contributed by atoms with Crippen LogP contribution in [0.4, 0.5) is 13.2 Å². The highest BCUT2D eigenvalue weighted by Crippen LogP contribution is 2.27. The quantitative estimate of drug-likeness (QED) is 0.936. The zero-order valence-corrected chi connectivity index (χ0v) is 10.1. The Labute approximate surface area is 111 Å². The average molecular weight is 285 g/mol. The van der Waals surface area contributed by atoms with Crippen LogP contribution in [0.25, 0.3) is 10.9 Å². The van der Waals surface area contributed by atoms with E-state index in [9.17, 15) is 23.1 Å². The molecule has 7 heteroatoms. The van der Waals surface area contributed by atoms with E-state index < -0.39 is 25.2 Å². The largest absolute Gasteiger partial charge is 0.491 e. The number of carbonyl (C=O) groups is 1. The third kappa shape index (κ3) is 3.17. The second-order valence-electron chi connectivity index (χ2n) is 4.03. The number of carboxylic acids is 1. The van der Waals surface area contributed by atoms with Crippen LogP contribution >= 0.6 is 0 Å². The number of pyridine rings is 1. The van der Waals surface area contributed by atoms with Crippen molar-refractivity contribution in [2.75, 3.05) is 6.61 Å². The fraction of sp³-hybridized carbons (Fsp3) is 0.231. The molecule has 0 fully saturated rings. The number of carboxylic acid groups (broad SMARTS) is 1. The first-order chi connectivity index (χ1) is 9.38. The van der Waals surface area contributed by atoms with Crippen molar-refractivity contribution < 1.29 is 27.8 Å². The van der Waals surface area contributed by atoms with Gasteiger partial charge in [0.05, 0.1) is 24.7 Å². The van der Waals surface area contributed by atoms with E-state index in [2.05, 4.69) is 4.98 Å². The Hall–Kier alpha value is -2.31. The minimum Gasteiger partial charge on any atom is -0.491 e. The molecule has 0 atom stereocenters. The SMILES string of the molecule is O=C(O)c1c(OCCC(F)(F)F)cnc2ccccc12. The van der Waals surface area contributed by atoms with E-state index in [1.807, 2.05) is 0 Å². The number of alkyl halides is 3. The van der Waals surface area contributed by atoms with Gasteiger partial charge < -0.3 is 9.84 Å². The summed E-state index contributed by atoms with van der Waals surface area (Å²) in [4.78, 5) is 15.2. The average Bonchev–Trinajstić information content (AvgIpc) is 2.36. The number of benzene rings is 1. The van der Waals surface area contributed by atoms with Crippen LogP contribution in [0.2, 0.25) is 0 Å². The fourth-order valence-corrected chi connectivity index (χ4v) is 1.73. The summed E-state index contributed by atoms with van der Waals surface area (Å²) in [6.07, 6.45) is -4.38. The summed E-state index contributed by atoms with van der Waals surface area (Å²) in [7, 11) is 0. The predicted molar refractivity (Wildman–Crippen MR) is 64.9 cm³/mol. The summed E-state index contributed by atoms with van der Waals surface area (Å²) in [5.74, 6) is -1.44. The van der Waals surface area contributed by atoms with E-state index in [0.717, 1.165) is 6.20 Å². The number of fused-ring (bicyclic) bond motifs is 1. The molecule has 0 spiro atoms. The van der Waals surface area contributed by atoms with Gasteiger partial charge in [-0.15, -0.1) is 0 Å². The Kier molecular flexibility index (Phi) is 3.78. The summed E-state index contributed by atoms with van der Waals surface area (Å²) in [5, 5.41) is 9.52. The Bertz CT molecular complexity index is 640. The van der Waals surface area contributed by atoms with Crippen molar-refractivity contribution in [3.63, 3.8) is 0 Å². The van der Waals surface area contributed by atoms with E-state index in [1.165, 1.54) is 6.07 Å². The number of rotatable bonds is 4. The van der Waals surface area contributed by atoms with Gasteiger partial charge in [-0.25, -0.2) is 4.79 Å². The number of para-hydroxylation sites is 1. The van der Waals surface area contributed by atoms with Gasteiger partial charge in [0.15, 0.2) is 5.75 Å². The smallest absolute Gasteiger partial charge is 0.392 e. The lowest BCUT2D eigenvalue weighted by molar-refractivity contribution is -0.139. The highest BCUT2D eigenvalue weighted by molar-refractivity contribution is 6.04. The molecule has 0 amide bonds. The molecule has 0 aliphatic rings. The number of aromatic carboxylic acids is 1. The first-order valence-corrected chi connectivity index (χ1v) is 5.69. The molecule has 0 aliphatic heterocycles. The van der Waals surface area contributed by atoms with Crippen molar-refractivity contribution in [1.82, 2.24) is 4.98 Å². The van der Waals surface area contributed by atoms with E-state index >= 15 is 0 Å². The molecular formula is C13H10F3NO3. The molecule has 106 valence electrons. The third-order valence-corrected chi connectivity index (χ3v) is 2.60. The number of ether oxygens (including phenoxy) is 1. The molecule has 0 radical (unpaired) electrons. The Morgan fingerprint density at radius 3 is 2.65 bits per heavy atom. The molecule has 20 heavy (non-hydrogen) atoms. The van der Waals surface area contributed by atoms with Gasteiger partial charge >= 0.3 is 12.1 Å². The summed E-state index contributed by atoms with van der Waals surface area (Å²) in [6.45, 7) is -0.649. The van der Waals surface area contributed by atoms with Crippen molar-refractivity contribution in [3.05, 3.63) is 36.0 Å². The van der Waals surface area contributed by atoms with Gasteiger partial charge in [0.25, 0.3) is 0 Å². The van der Waals surface area contributed by atoms with Crippen LogP contribution in [0.1, 0.15) is 16.8 Å². The molecular weight excluding hydrogens is 275 g/mol. The molecule has 0 unspecified atom stereocenters. The Morgan fingerprint density at radius 2 is 2.00 bits per heavy atom. The van der Waals surface area contributed by atoms with Crippen molar-refractivity contribution in [3.8, 4) is 5.75 Å². The second kappa shape index (κ2) is 5.36. The zero-order valence-electron chi connectivity index (χ0n) is 10.1. The van der Waals surface area contributed by atoms with Crippen LogP contribution < -0.4 is 4.74 Å². The van der Waals surface area contributed by atoms with Gasteiger partial charge in [-0.2, -0.15) is 13.2 Å². The molecule has 1 heterocycles. The molecule has 2 rings (SSSR count).